The van der Waals surface area contributed by atoms with Crippen molar-refractivity contribution in [3.05, 3.63) is 74.7 Å². The summed E-state index contributed by atoms with van der Waals surface area (Å²) in [6, 6.07) is 12.6. The Balaban J connectivity index is 1.27. The number of phenolic OH excluding ortho intramolecular Hbond substituents is 1. The van der Waals surface area contributed by atoms with Gasteiger partial charge in [-0.05, 0) is 80.0 Å². The van der Waals surface area contributed by atoms with Crippen molar-refractivity contribution in [2.75, 3.05) is 4.90 Å². The van der Waals surface area contributed by atoms with Crippen LogP contribution in [0.25, 0.3) is 20.7 Å². The first-order chi connectivity index (χ1) is 21.9. The molecule has 4 aromatic rings. The lowest BCUT2D eigenvalue weighted by Crippen LogP contribution is -2.48. The zero-order valence-corrected chi connectivity index (χ0v) is 28.2. The van der Waals surface area contributed by atoms with Gasteiger partial charge in [0.05, 0.1) is 28.0 Å². The molecule has 46 heavy (non-hydrogen) atoms. The maximum absolute atomic E-state index is 14.8. The summed E-state index contributed by atoms with van der Waals surface area (Å²) < 4.78 is 3.31. The lowest BCUT2D eigenvalue weighted by molar-refractivity contribution is -0.131. The van der Waals surface area contributed by atoms with Gasteiger partial charge in [0.1, 0.15) is 17.3 Å². The molecule has 8 rings (SSSR count). The van der Waals surface area contributed by atoms with Crippen LogP contribution in [0.1, 0.15) is 36.8 Å². The highest BCUT2D eigenvalue weighted by Crippen LogP contribution is 2.64. The highest BCUT2D eigenvalue weighted by atomic mass is 79.9. The number of fused-ring (bicyclic) bond motifs is 5. The monoisotopic (exact) mass is 718 g/mol. The van der Waals surface area contributed by atoms with Gasteiger partial charge in [0, 0.05) is 38.8 Å². The van der Waals surface area contributed by atoms with Gasteiger partial charge in [-0.15, -0.1) is 11.3 Å². The number of carbonyl (C=O) groups is 4. The van der Waals surface area contributed by atoms with Crippen LogP contribution < -0.4 is 10.2 Å². The molecule has 0 spiro atoms. The van der Waals surface area contributed by atoms with Crippen molar-refractivity contribution in [3.8, 4) is 16.3 Å². The van der Waals surface area contributed by atoms with Crippen molar-refractivity contribution in [2.24, 2.45) is 36.1 Å². The molecule has 0 bridgehead atoms. The molecule has 234 valence electrons. The molecule has 4 heterocycles. The van der Waals surface area contributed by atoms with Crippen LogP contribution in [-0.4, -0.2) is 38.5 Å². The number of aryl methyl sites for hydroxylation is 2. The first-order valence-electron chi connectivity index (χ1n) is 15.0. The maximum Gasteiger partial charge on any atom is 0.242 e. The number of carbonyl (C=O) groups excluding carboxylic acids is 4. The predicted octanol–water partition coefficient (Wildman–Crippen LogP) is 6.25. The number of imide groups is 2. The summed E-state index contributed by atoms with van der Waals surface area (Å²) in [7, 11) is 1.71. The Morgan fingerprint density at radius 3 is 2.65 bits per heavy atom. The molecule has 2 aromatic heterocycles. The van der Waals surface area contributed by atoms with Gasteiger partial charge in [0.2, 0.25) is 23.6 Å². The van der Waals surface area contributed by atoms with Crippen LogP contribution in [0, 0.1) is 36.0 Å². The summed E-state index contributed by atoms with van der Waals surface area (Å²) in [5.41, 5.74) is 1.67. The largest absolute Gasteiger partial charge is 0.508 e. The molecule has 12 heteroatoms. The molecule has 4 amide bonds. The maximum atomic E-state index is 14.8. The van der Waals surface area contributed by atoms with E-state index in [0.29, 0.717) is 33.0 Å². The average molecular weight is 720 g/mol. The van der Waals surface area contributed by atoms with Gasteiger partial charge in [0.15, 0.2) is 0 Å². The van der Waals surface area contributed by atoms with Crippen molar-refractivity contribution in [1.29, 1.82) is 0 Å². The van der Waals surface area contributed by atoms with Crippen LogP contribution in [0.5, 0.6) is 5.75 Å². The second kappa shape index (κ2) is 10.1. The summed E-state index contributed by atoms with van der Waals surface area (Å²) >= 11 is 11.4. The number of rotatable bonds is 3. The number of hydrogen-bond acceptors (Lipinski definition) is 7. The SMILES string of the molecule is Cc1c(-c2cc(N3C(=O)C4CC5C(=CCC6C(=O)NC(=O)C65)C(c5cc(Br)ccc5O)C4(C)C3=O)n(C)n2)sc2ccc(Cl)cc12. The van der Waals surface area contributed by atoms with E-state index in [4.69, 9.17) is 16.7 Å². The summed E-state index contributed by atoms with van der Waals surface area (Å²) in [4.78, 5) is 57.3. The third-order valence-electron chi connectivity index (χ3n) is 10.6. The Labute approximate surface area is 281 Å². The van der Waals surface area contributed by atoms with Crippen molar-refractivity contribution in [3.63, 3.8) is 0 Å². The van der Waals surface area contributed by atoms with Gasteiger partial charge in [-0.2, -0.15) is 5.10 Å². The molecule has 6 unspecified atom stereocenters. The number of thiophene rings is 1. The number of anilines is 1. The Kier molecular flexibility index (Phi) is 6.50. The van der Waals surface area contributed by atoms with Gasteiger partial charge >= 0.3 is 0 Å². The number of allylic oxidation sites excluding steroid dienone is 2. The second-order valence-electron chi connectivity index (χ2n) is 12.9. The van der Waals surface area contributed by atoms with Crippen LogP contribution in [-0.2, 0) is 26.2 Å². The molecule has 6 atom stereocenters. The molecular weight excluding hydrogens is 692 g/mol. The number of nitrogens with zero attached hydrogens (tertiary/aromatic N) is 3. The average Bonchev–Trinajstić information content (AvgIpc) is 3.70. The van der Waals surface area contributed by atoms with Crippen molar-refractivity contribution >= 4 is 78.4 Å². The summed E-state index contributed by atoms with van der Waals surface area (Å²) in [5, 5.41) is 20.1. The number of phenols is 1. The van der Waals surface area contributed by atoms with E-state index in [1.165, 1.54) is 4.90 Å². The van der Waals surface area contributed by atoms with Crippen LogP contribution in [0.3, 0.4) is 0 Å². The van der Waals surface area contributed by atoms with E-state index < -0.39 is 40.9 Å². The Hall–Kier alpha value is -3.80. The smallest absolute Gasteiger partial charge is 0.242 e. The number of nitrogens with one attached hydrogen (secondary N) is 1. The number of amides is 4. The molecule has 2 aromatic carbocycles. The van der Waals surface area contributed by atoms with E-state index in [2.05, 4.69) is 21.2 Å². The van der Waals surface area contributed by atoms with Gasteiger partial charge in [-0.25, -0.2) is 4.90 Å². The summed E-state index contributed by atoms with van der Waals surface area (Å²) in [6.45, 7) is 3.80. The Bertz CT molecular complexity index is 2100. The third-order valence-corrected chi connectivity index (χ3v) is 12.7. The highest BCUT2D eigenvalue weighted by molar-refractivity contribution is 9.10. The number of benzene rings is 2. The minimum absolute atomic E-state index is 0.00865. The predicted molar refractivity (Wildman–Crippen MR) is 177 cm³/mol. The van der Waals surface area contributed by atoms with Gasteiger partial charge in [-0.1, -0.05) is 39.2 Å². The highest BCUT2D eigenvalue weighted by Gasteiger charge is 2.67. The topological polar surface area (TPSA) is 122 Å². The van der Waals surface area contributed by atoms with Crippen LogP contribution in [0.4, 0.5) is 5.82 Å². The third kappa shape index (κ3) is 3.94. The quantitative estimate of drug-likeness (QED) is 0.191. The van der Waals surface area contributed by atoms with E-state index >= 15 is 0 Å². The molecule has 3 fully saturated rings. The molecule has 0 radical (unpaired) electrons. The van der Waals surface area contributed by atoms with E-state index in [9.17, 15) is 24.3 Å². The van der Waals surface area contributed by atoms with Crippen LogP contribution >= 0.6 is 38.9 Å². The molecule has 4 aliphatic rings. The molecule has 9 nitrogen and oxygen atoms in total. The fourth-order valence-corrected chi connectivity index (χ4v) is 10.2. The zero-order chi connectivity index (χ0) is 32.4. The number of aromatic hydroxyl groups is 1. The van der Waals surface area contributed by atoms with Crippen LogP contribution in [0.2, 0.25) is 5.02 Å². The molecule has 2 N–H and O–H groups in total. The first-order valence-corrected chi connectivity index (χ1v) is 17.0. The van der Waals surface area contributed by atoms with E-state index in [0.717, 1.165) is 26.1 Å². The van der Waals surface area contributed by atoms with E-state index in [1.807, 2.05) is 31.2 Å². The fraction of sp³-hybridized carbons (Fsp3) is 0.324. The van der Waals surface area contributed by atoms with Crippen LogP contribution in [0.15, 0.2) is 58.6 Å². The minimum Gasteiger partial charge on any atom is -0.508 e. The number of aromatic nitrogens is 2. The van der Waals surface area contributed by atoms with Gasteiger partial charge < -0.3 is 5.11 Å². The lowest BCUT2D eigenvalue weighted by atomic mass is 9.51. The molecule has 1 saturated carbocycles. The van der Waals surface area contributed by atoms with Gasteiger partial charge in [0.25, 0.3) is 0 Å². The molecule has 2 aliphatic heterocycles. The normalized spacial score (nSPS) is 28.8. The van der Waals surface area contributed by atoms with Crippen molar-refractivity contribution in [1.82, 2.24) is 15.1 Å². The molecule has 2 aliphatic carbocycles. The Morgan fingerprint density at radius 1 is 1.09 bits per heavy atom. The summed E-state index contributed by atoms with van der Waals surface area (Å²) in [5.74, 6) is -4.22. The summed E-state index contributed by atoms with van der Waals surface area (Å²) in [6.07, 6.45) is 2.53. The first kappa shape index (κ1) is 29.6. The second-order valence-corrected chi connectivity index (χ2v) is 15.3. The number of hydrogen-bond donors (Lipinski definition) is 2. The fourth-order valence-electron chi connectivity index (χ4n) is 8.46. The van der Waals surface area contributed by atoms with Crippen molar-refractivity contribution in [2.45, 2.75) is 32.6 Å². The van der Waals surface area contributed by atoms with E-state index in [1.54, 1.807) is 54.3 Å². The van der Waals surface area contributed by atoms with Gasteiger partial charge in [-0.3, -0.25) is 29.2 Å². The molecule has 2 saturated heterocycles. The Morgan fingerprint density at radius 2 is 1.87 bits per heavy atom. The zero-order valence-electron chi connectivity index (χ0n) is 25.0. The molecular formula is C34H28BrClN4O5S. The van der Waals surface area contributed by atoms with E-state index in [-0.39, 0.29) is 29.9 Å². The lowest BCUT2D eigenvalue weighted by Gasteiger charge is -2.49. The minimum atomic E-state index is -1.28. The van der Waals surface area contributed by atoms with Crippen molar-refractivity contribution < 1.29 is 24.3 Å². The standard InChI is InChI=1S/C34H28BrClN4O5S/c1-14-19-11-16(36)5-9-25(19)46-29(14)23-13-26(39(3)38-23)40-32(44)22-12-20-17(6-7-18-27(20)31(43)37-30(18)42)28(34(22,2)33(40)45)21-10-15(35)4-8-24(21)41/h4-6,8-11,13,18,20,22,27-28,41H,7,12H2,1-3H3,(H,37,42,43). The number of halogens is 2.